The minimum absolute atomic E-state index is 0.0526. The average molecular weight is 304 g/mol. The molecule has 0 aliphatic carbocycles. The molecule has 0 aliphatic rings. The zero-order chi connectivity index (χ0) is 12.3. The van der Waals surface area contributed by atoms with Gasteiger partial charge in [0.1, 0.15) is 15.7 Å². The van der Waals surface area contributed by atoms with Gasteiger partial charge in [0.15, 0.2) is 0 Å². The summed E-state index contributed by atoms with van der Waals surface area (Å²) in [5.41, 5.74) is 0. The summed E-state index contributed by atoms with van der Waals surface area (Å²) in [5.74, 6) is 0.345. The van der Waals surface area contributed by atoms with Crippen LogP contribution in [0.1, 0.15) is 13.3 Å². The second-order valence-corrected chi connectivity index (χ2v) is 6.27. The van der Waals surface area contributed by atoms with Crippen LogP contribution in [0.4, 0.5) is 0 Å². The van der Waals surface area contributed by atoms with Crippen molar-refractivity contribution >= 4 is 42.9 Å². The zero-order valence-corrected chi connectivity index (χ0v) is 11.4. The maximum absolute atomic E-state index is 11.1. The molecule has 0 unspecified atom stereocenters. The monoisotopic (exact) mass is 302 g/mol. The lowest BCUT2D eigenvalue weighted by molar-refractivity contribution is 0.317. The normalized spacial score (nSPS) is 11.5. The van der Waals surface area contributed by atoms with Crippen LogP contribution in [0.2, 0.25) is 10.0 Å². The molecule has 0 bridgehead atoms. The van der Waals surface area contributed by atoms with Gasteiger partial charge < -0.3 is 4.74 Å². The minimum Gasteiger partial charge on any atom is -0.492 e. The van der Waals surface area contributed by atoms with Crippen molar-refractivity contribution in [3.05, 3.63) is 22.2 Å². The number of halogens is 3. The molecule has 0 aromatic heterocycles. The van der Waals surface area contributed by atoms with Gasteiger partial charge in [0.2, 0.25) is 0 Å². The Morgan fingerprint density at radius 1 is 1.25 bits per heavy atom. The summed E-state index contributed by atoms with van der Waals surface area (Å²) in [6.45, 7) is 2.41. The molecular weight excluding hydrogens is 295 g/mol. The highest BCUT2D eigenvalue weighted by Crippen LogP contribution is 2.37. The van der Waals surface area contributed by atoms with E-state index in [1.165, 1.54) is 12.1 Å². The second kappa shape index (κ2) is 5.45. The third-order valence-corrected chi connectivity index (χ3v) is 4.08. The fraction of sp³-hybridized carbons (Fsp3) is 0.333. The summed E-state index contributed by atoms with van der Waals surface area (Å²) < 4.78 is 27.5. The van der Waals surface area contributed by atoms with Crippen molar-refractivity contribution in [2.45, 2.75) is 18.2 Å². The first-order valence-corrected chi connectivity index (χ1v) is 7.50. The molecule has 1 rings (SSSR count). The summed E-state index contributed by atoms with van der Waals surface area (Å²) in [7, 11) is 1.29. The fourth-order valence-electron chi connectivity index (χ4n) is 1.03. The highest BCUT2D eigenvalue weighted by atomic mass is 35.7. The summed E-state index contributed by atoms with van der Waals surface area (Å²) in [6.07, 6.45) is 0.809. The Balaban J connectivity index is 3.19. The van der Waals surface area contributed by atoms with Crippen molar-refractivity contribution in [2.75, 3.05) is 6.61 Å². The van der Waals surface area contributed by atoms with Gasteiger partial charge in [-0.2, -0.15) is 0 Å². The molecule has 0 atom stereocenters. The van der Waals surface area contributed by atoms with Crippen LogP contribution in [0.3, 0.4) is 0 Å². The quantitative estimate of drug-likeness (QED) is 0.796. The van der Waals surface area contributed by atoms with Crippen molar-refractivity contribution in [2.24, 2.45) is 0 Å². The van der Waals surface area contributed by atoms with E-state index in [2.05, 4.69) is 0 Å². The average Bonchev–Trinajstić information content (AvgIpc) is 2.18. The predicted octanol–water partition coefficient (Wildman–Crippen LogP) is 3.71. The SMILES string of the molecule is CCCOc1ccc(S(=O)(=O)Cl)c(Cl)c1Cl. The van der Waals surface area contributed by atoms with Crippen LogP contribution in [0.5, 0.6) is 5.75 Å². The third kappa shape index (κ3) is 3.17. The molecule has 0 radical (unpaired) electrons. The van der Waals surface area contributed by atoms with Crippen molar-refractivity contribution in [3.63, 3.8) is 0 Å². The van der Waals surface area contributed by atoms with Crippen LogP contribution in [0, 0.1) is 0 Å². The zero-order valence-electron chi connectivity index (χ0n) is 8.34. The van der Waals surface area contributed by atoms with Gasteiger partial charge in [0.05, 0.1) is 11.6 Å². The van der Waals surface area contributed by atoms with Crippen LogP contribution in [0.25, 0.3) is 0 Å². The van der Waals surface area contributed by atoms with Gasteiger partial charge in [-0.25, -0.2) is 8.42 Å². The van der Waals surface area contributed by atoms with Crippen LogP contribution in [-0.4, -0.2) is 15.0 Å². The Labute approximate surface area is 109 Å². The summed E-state index contributed by atoms with van der Waals surface area (Å²) in [4.78, 5) is -0.218. The van der Waals surface area contributed by atoms with Crippen molar-refractivity contribution in [1.82, 2.24) is 0 Å². The van der Waals surface area contributed by atoms with Gasteiger partial charge in [-0.05, 0) is 18.6 Å². The molecule has 16 heavy (non-hydrogen) atoms. The van der Waals surface area contributed by atoms with E-state index in [0.717, 1.165) is 6.42 Å². The molecular formula is C9H9Cl3O3S. The summed E-state index contributed by atoms with van der Waals surface area (Å²) in [5, 5.41) is -0.0675. The van der Waals surface area contributed by atoms with Crippen LogP contribution in [0.15, 0.2) is 17.0 Å². The molecule has 0 amide bonds. The number of rotatable bonds is 4. The number of ether oxygens (including phenoxy) is 1. The molecule has 7 heteroatoms. The lowest BCUT2D eigenvalue weighted by Crippen LogP contribution is -1.98. The fourth-order valence-corrected chi connectivity index (χ4v) is 2.81. The van der Waals surface area contributed by atoms with Gasteiger partial charge in [-0.1, -0.05) is 30.1 Å². The van der Waals surface area contributed by atoms with E-state index in [1.807, 2.05) is 6.92 Å². The number of hydrogen-bond acceptors (Lipinski definition) is 3. The maximum atomic E-state index is 11.1. The van der Waals surface area contributed by atoms with Crippen LogP contribution >= 0.6 is 33.9 Å². The van der Waals surface area contributed by atoms with E-state index in [0.29, 0.717) is 12.4 Å². The van der Waals surface area contributed by atoms with Crippen molar-refractivity contribution in [3.8, 4) is 5.75 Å². The predicted molar refractivity (Wildman–Crippen MR) is 65.3 cm³/mol. The molecule has 90 valence electrons. The number of hydrogen-bond donors (Lipinski definition) is 0. The van der Waals surface area contributed by atoms with E-state index in [4.69, 9.17) is 38.6 Å². The first-order chi connectivity index (χ1) is 7.38. The van der Waals surface area contributed by atoms with Crippen LogP contribution in [-0.2, 0) is 9.05 Å². The van der Waals surface area contributed by atoms with Crippen molar-refractivity contribution < 1.29 is 13.2 Å². The molecule has 0 heterocycles. The third-order valence-electron chi connectivity index (χ3n) is 1.74. The molecule has 1 aromatic carbocycles. The van der Waals surface area contributed by atoms with Crippen molar-refractivity contribution in [1.29, 1.82) is 0 Å². The minimum atomic E-state index is -3.89. The lowest BCUT2D eigenvalue weighted by Gasteiger charge is -2.09. The Morgan fingerprint density at radius 3 is 2.38 bits per heavy atom. The van der Waals surface area contributed by atoms with E-state index >= 15 is 0 Å². The van der Waals surface area contributed by atoms with Gasteiger partial charge >= 0.3 is 0 Å². The largest absolute Gasteiger partial charge is 0.492 e. The first-order valence-electron chi connectivity index (χ1n) is 4.43. The smallest absolute Gasteiger partial charge is 0.262 e. The highest BCUT2D eigenvalue weighted by Gasteiger charge is 2.19. The molecule has 1 aromatic rings. The Morgan fingerprint density at radius 2 is 1.88 bits per heavy atom. The molecule has 0 saturated carbocycles. The molecule has 0 fully saturated rings. The molecule has 0 N–H and O–H groups in total. The number of benzene rings is 1. The Kier molecular flexibility index (Phi) is 4.73. The second-order valence-electron chi connectivity index (χ2n) is 2.98. The molecule has 0 aliphatic heterocycles. The maximum Gasteiger partial charge on any atom is 0.262 e. The Hall–Kier alpha value is -0.160. The summed E-state index contributed by atoms with van der Waals surface area (Å²) >= 11 is 11.6. The topological polar surface area (TPSA) is 43.4 Å². The van der Waals surface area contributed by atoms with E-state index in [9.17, 15) is 8.42 Å². The van der Waals surface area contributed by atoms with Gasteiger partial charge in [0.25, 0.3) is 9.05 Å². The van der Waals surface area contributed by atoms with E-state index in [-0.39, 0.29) is 14.9 Å². The Bertz CT molecular complexity index is 485. The molecule has 0 saturated heterocycles. The standard InChI is InChI=1S/C9H9Cl3O3S/c1-2-5-15-6-3-4-7(16(12,13)14)9(11)8(6)10/h3-4H,2,5H2,1H3. The molecule has 0 spiro atoms. The van der Waals surface area contributed by atoms with E-state index < -0.39 is 9.05 Å². The lowest BCUT2D eigenvalue weighted by atomic mass is 10.3. The summed E-state index contributed by atoms with van der Waals surface area (Å²) in [6, 6.07) is 2.70. The van der Waals surface area contributed by atoms with E-state index in [1.54, 1.807) is 0 Å². The van der Waals surface area contributed by atoms with Gasteiger partial charge in [0, 0.05) is 10.7 Å². The first kappa shape index (κ1) is 13.9. The molecule has 3 nitrogen and oxygen atoms in total. The van der Waals surface area contributed by atoms with Gasteiger partial charge in [-0.3, -0.25) is 0 Å². The van der Waals surface area contributed by atoms with Crippen LogP contribution < -0.4 is 4.74 Å². The highest BCUT2D eigenvalue weighted by molar-refractivity contribution is 8.13. The van der Waals surface area contributed by atoms with Gasteiger partial charge in [-0.15, -0.1) is 0 Å².